The Hall–Kier alpha value is -2.56. The molecule has 5 heteroatoms. The van der Waals surface area contributed by atoms with Crippen LogP contribution in [-0.2, 0) is 0 Å². The fourth-order valence-corrected chi connectivity index (χ4v) is 1.44. The van der Waals surface area contributed by atoms with Crippen molar-refractivity contribution in [2.24, 2.45) is 0 Å². The first-order chi connectivity index (χ1) is 8.16. The molecular weight excluding hydrogens is 220 g/mol. The molecule has 2 aromatic carbocycles. The zero-order valence-corrected chi connectivity index (χ0v) is 8.83. The van der Waals surface area contributed by atoms with Gasteiger partial charge < -0.3 is 10.4 Å². The number of rotatable bonds is 3. The van der Waals surface area contributed by atoms with Crippen molar-refractivity contribution in [3.63, 3.8) is 0 Å². The molecule has 2 N–H and O–H groups in total. The van der Waals surface area contributed by atoms with E-state index in [4.69, 9.17) is 0 Å². The number of hydrogen-bond acceptors (Lipinski definition) is 4. The third kappa shape index (κ3) is 2.52. The first kappa shape index (κ1) is 10.9. The maximum atomic E-state index is 10.5. The van der Waals surface area contributed by atoms with Gasteiger partial charge in [0.05, 0.1) is 4.92 Å². The Morgan fingerprint density at radius 1 is 1.06 bits per heavy atom. The molecule has 5 nitrogen and oxygen atoms in total. The maximum absolute atomic E-state index is 10.5. The molecule has 0 spiro atoms. The Bertz CT molecular complexity index is 541. The average Bonchev–Trinajstić information content (AvgIpc) is 2.30. The minimum Gasteiger partial charge on any atom is -0.502 e. The van der Waals surface area contributed by atoms with E-state index in [-0.39, 0.29) is 11.4 Å². The summed E-state index contributed by atoms with van der Waals surface area (Å²) in [6, 6.07) is 13.5. The summed E-state index contributed by atoms with van der Waals surface area (Å²) in [6.45, 7) is 0. The van der Waals surface area contributed by atoms with E-state index in [1.165, 1.54) is 12.1 Å². The van der Waals surface area contributed by atoms with Gasteiger partial charge in [0, 0.05) is 23.5 Å². The number of nitro benzene ring substituents is 1. The smallest absolute Gasteiger partial charge is 0.310 e. The Morgan fingerprint density at radius 3 is 2.35 bits per heavy atom. The molecule has 0 unspecified atom stereocenters. The predicted octanol–water partition coefficient (Wildman–Crippen LogP) is 3.04. The van der Waals surface area contributed by atoms with Crippen LogP contribution in [0, 0.1) is 10.1 Å². The van der Waals surface area contributed by atoms with Gasteiger partial charge in [-0.25, -0.2) is 0 Å². The molecule has 0 aliphatic carbocycles. The van der Waals surface area contributed by atoms with Crippen LogP contribution in [0.4, 0.5) is 17.1 Å². The van der Waals surface area contributed by atoms with E-state index in [9.17, 15) is 15.2 Å². The summed E-state index contributed by atoms with van der Waals surface area (Å²) in [7, 11) is 0. The minimum atomic E-state index is -0.623. The Labute approximate surface area is 97.5 Å². The lowest BCUT2D eigenvalue weighted by atomic mass is 10.2. The van der Waals surface area contributed by atoms with Gasteiger partial charge in [0.25, 0.3) is 0 Å². The van der Waals surface area contributed by atoms with Crippen LogP contribution in [0.2, 0.25) is 0 Å². The highest BCUT2D eigenvalue weighted by Gasteiger charge is 2.12. The van der Waals surface area contributed by atoms with Crippen molar-refractivity contribution in [3.8, 4) is 5.75 Å². The van der Waals surface area contributed by atoms with Crippen LogP contribution in [0.5, 0.6) is 5.75 Å². The Morgan fingerprint density at radius 2 is 1.76 bits per heavy atom. The van der Waals surface area contributed by atoms with Gasteiger partial charge in [-0.2, -0.15) is 0 Å². The average molecular weight is 230 g/mol. The van der Waals surface area contributed by atoms with Gasteiger partial charge in [-0.1, -0.05) is 18.2 Å². The summed E-state index contributed by atoms with van der Waals surface area (Å²) in [5, 5.41) is 23.0. The first-order valence-corrected chi connectivity index (χ1v) is 4.96. The third-order valence-corrected chi connectivity index (χ3v) is 2.23. The molecule has 0 radical (unpaired) electrons. The van der Waals surface area contributed by atoms with Crippen LogP contribution in [0.15, 0.2) is 48.5 Å². The number of phenols is 1. The number of anilines is 2. The quantitative estimate of drug-likeness (QED) is 0.627. The minimum absolute atomic E-state index is 0.302. The standard InChI is InChI=1S/C12H10N2O3/c15-12-8-10(6-7-11(12)14(16)17)13-9-4-2-1-3-5-9/h1-8,13,15H. The normalized spacial score (nSPS) is 9.88. The number of phenolic OH excluding ortho intramolecular Hbond substituents is 1. The van der Waals surface area contributed by atoms with Gasteiger partial charge in [0.2, 0.25) is 0 Å². The molecule has 0 aliphatic heterocycles. The summed E-state index contributed by atoms with van der Waals surface area (Å²) in [6.07, 6.45) is 0. The highest BCUT2D eigenvalue weighted by Crippen LogP contribution is 2.29. The van der Waals surface area contributed by atoms with Crippen molar-refractivity contribution in [2.45, 2.75) is 0 Å². The molecule has 2 aromatic rings. The summed E-state index contributed by atoms with van der Waals surface area (Å²) in [5.41, 5.74) is 1.14. The largest absolute Gasteiger partial charge is 0.502 e. The molecule has 2 rings (SSSR count). The number of nitrogens with zero attached hydrogens (tertiary/aromatic N) is 1. The van der Waals surface area contributed by atoms with Crippen molar-refractivity contribution in [1.82, 2.24) is 0 Å². The number of nitro groups is 1. The second-order valence-electron chi connectivity index (χ2n) is 3.45. The van der Waals surface area contributed by atoms with E-state index >= 15 is 0 Å². The molecule has 0 saturated carbocycles. The van der Waals surface area contributed by atoms with Crippen LogP contribution in [0.3, 0.4) is 0 Å². The zero-order chi connectivity index (χ0) is 12.3. The molecular formula is C12H10N2O3. The summed E-state index contributed by atoms with van der Waals surface area (Å²) in [5.74, 6) is -0.351. The van der Waals surface area contributed by atoms with Gasteiger partial charge >= 0.3 is 5.69 Å². The van der Waals surface area contributed by atoms with Crippen molar-refractivity contribution in [2.75, 3.05) is 5.32 Å². The van der Waals surface area contributed by atoms with Crippen LogP contribution in [-0.4, -0.2) is 10.0 Å². The third-order valence-electron chi connectivity index (χ3n) is 2.23. The molecule has 86 valence electrons. The first-order valence-electron chi connectivity index (χ1n) is 4.96. The Kier molecular flexibility index (Phi) is 2.91. The lowest BCUT2D eigenvalue weighted by Crippen LogP contribution is -1.92. The Balaban J connectivity index is 2.24. The summed E-state index contributed by atoms with van der Waals surface area (Å²) in [4.78, 5) is 9.89. The van der Waals surface area contributed by atoms with E-state index < -0.39 is 4.92 Å². The lowest BCUT2D eigenvalue weighted by Gasteiger charge is -2.06. The molecule has 0 aromatic heterocycles. The monoisotopic (exact) mass is 230 g/mol. The molecule has 0 fully saturated rings. The number of benzene rings is 2. The van der Waals surface area contributed by atoms with Crippen LogP contribution >= 0.6 is 0 Å². The van der Waals surface area contributed by atoms with Gasteiger partial charge in [-0.3, -0.25) is 10.1 Å². The van der Waals surface area contributed by atoms with E-state index in [0.29, 0.717) is 5.69 Å². The van der Waals surface area contributed by atoms with Gasteiger partial charge in [0.1, 0.15) is 0 Å². The number of aromatic hydroxyl groups is 1. The second kappa shape index (κ2) is 4.52. The van der Waals surface area contributed by atoms with Crippen LogP contribution < -0.4 is 5.32 Å². The summed E-state index contributed by atoms with van der Waals surface area (Å²) >= 11 is 0. The number of para-hydroxylation sites is 1. The van der Waals surface area contributed by atoms with E-state index in [0.717, 1.165) is 5.69 Å². The van der Waals surface area contributed by atoms with E-state index in [2.05, 4.69) is 5.32 Å². The van der Waals surface area contributed by atoms with E-state index in [1.807, 2.05) is 30.3 Å². The predicted molar refractivity (Wildman–Crippen MR) is 64.5 cm³/mol. The number of nitrogens with one attached hydrogen (secondary N) is 1. The maximum Gasteiger partial charge on any atom is 0.310 e. The van der Waals surface area contributed by atoms with Crippen LogP contribution in [0.25, 0.3) is 0 Å². The van der Waals surface area contributed by atoms with Crippen molar-refractivity contribution in [3.05, 3.63) is 58.6 Å². The van der Waals surface area contributed by atoms with Gasteiger partial charge in [-0.15, -0.1) is 0 Å². The summed E-state index contributed by atoms with van der Waals surface area (Å²) < 4.78 is 0. The fourth-order valence-electron chi connectivity index (χ4n) is 1.44. The molecule has 0 bridgehead atoms. The lowest BCUT2D eigenvalue weighted by molar-refractivity contribution is -0.385. The van der Waals surface area contributed by atoms with Crippen LogP contribution in [0.1, 0.15) is 0 Å². The molecule has 17 heavy (non-hydrogen) atoms. The number of hydrogen-bond donors (Lipinski definition) is 2. The van der Waals surface area contributed by atoms with Crippen molar-refractivity contribution >= 4 is 17.1 Å². The van der Waals surface area contributed by atoms with E-state index in [1.54, 1.807) is 6.07 Å². The second-order valence-corrected chi connectivity index (χ2v) is 3.45. The highest BCUT2D eigenvalue weighted by molar-refractivity contribution is 5.64. The SMILES string of the molecule is O=[N+]([O-])c1ccc(Nc2ccccc2)cc1O. The van der Waals surface area contributed by atoms with Crippen molar-refractivity contribution < 1.29 is 10.0 Å². The molecule has 0 saturated heterocycles. The fraction of sp³-hybridized carbons (Fsp3) is 0. The molecule has 0 amide bonds. The molecule has 0 aliphatic rings. The topological polar surface area (TPSA) is 75.4 Å². The molecule has 0 heterocycles. The molecule has 0 atom stereocenters. The van der Waals surface area contributed by atoms with Crippen molar-refractivity contribution in [1.29, 1.82) is 0 Å². The highest BCUT2D eigenvalue weighted by atomic mass is 16.6. The van der Waals surface area contributed by atoms with Gasteiger partial charge in [-0.05, 0) is 18.2 Å². The zero-order valence-electron chi connectivity index (χ0n) is 8.83. The van der Waals surface area contributed by atoms with Gasteiger partial charge in [0.15, 0.2) is 5.75 Å².